The average Bonchev–Trinajstić information content (AvgIpc) is 2.91. The Labute approximate surface area is 142 Å². The van der Waals surface area contributed by atoms with Crippen LogP contribution in [0.1, 0.15) is 35.7 Å². The Morgan fingerprint density at radius 2 is 2.17 bits per heavy atom. The average molecular weight is 332 g/mol. The molecule has 1 saturated heterocycles. The predicted molar refractivity (Wildman–Crippen MR) is 89.2 cm³/mol. The number of methoxy groups -OCH3 is 1. The smallest absolute Gasteiger partial charge is 0.257 e. The summed E-state index contributed by atoms with van der Waals surface area (Å²) in [7, 11) is 1.58. The molecule has 24 heavy (non-hydrogen) atoms. The molecule has 1 aromatic rings. The van der Waals surface area contributed by atoms with Crippen molar-refractivity contribution in [3.05, 3.63) is 29.3 Å². The molecule has 0 spiro atoms. The van der Waals surface area contributed by atoms with E-state index in [4.69, 9.17) is 9.47 Å². The number of nitrogens with zero attached hydrogens (tertiary/aromatic N) is 1. The largest absolute Gasteiger partial charge is 0.492 e. The summed E-state index contributed by atoms with van der Waals surface area (Å²) in [5.41, 5.74) is 1.72. The van der Waals surface area contributed by atoms with Crippen molar-refractivity contribution in [1.29, 1.82) is 0 Å². The highest BCUT2D eigenvalue weighted by atomic mass is 16.5. The molecule has 1 unspecified atom stereocenters. The fourth-order valence-electron chi connectivity index (χ4n) is 3.15. The van der Waals surface area contributed by atoms with E-state index in [1.807, 2.05) is 25.1 Å². The first kappa shape index (κ1) is 16.8. The molecule has 3 rings (SSSR count). The van der Waals surface area contributed by atoms with Gasteiger partial charge in [0.1, 0.15) is 5.75 Å². The van der Waals surface area contributed by atoms with Crippen molar-refractivity contribution in [1.82, 2.24) is 10.2 Å². The quantitative estimate of drug-likeness (QED) is 0.885. The van der Waals surface area contributed by atoms with Crippen LogP contribution in [0.25, 0.3) is 0 Å². The lowest BCUT2D eigenvalue weighted by Crippen LogP contribution is -2.61. The zero-order chi connectivity index (χ0) is 17.3. The summed E-state index contributed by atoms with van der Waals surface area (Å²) in [6.07, 6.45) is 0. The molecular weight excluding hydrogens is 308 g/mol. The molecule has 0 aliphatic carbocycles. The highest BCUT2D eigenvalue weighted by Gasteiger charge is 2.35. The molecule has 0 radical (unpaired) electrons. The number of para-hydroxylation sites is 1. The molecule has 2 heterocycles. The molecule has 1 fully saturated rings. The van der Waals surface area contributed by atoms with Gasteiger partial charge in [-0.3, -0.25) is 9.59 Å². The zero-order valence-electron chi connectivity index (χ0n) is 14.4. The number of likely N-dealkylation sites (tertiary alicyclic amines) is 1. The van der Waals surface area contributed by atoms with Crippen LogP contribution in [0.3, 0.4) is 0 Å². The molecule has 1 aromatic carbocycles. The van der Waals surface area contributed by atoms with E-state index in [0.29, 0.717) is 37.8 Å². The molecule has 2 atom stereocenters. The third-order valence-corrected chi connectivity index (χ3v) is 4.66. The van der Waals surface area contributed by atoms with Gasteiger partial charge in [-0.15, -0.1) is 0 Å². The van der Waals surface area contributed by atoms with Gasteiger partial charge in [-0.2, -0.15) is 0 Å². The topological polar surface area (TPSA) is 67.9 Å². The van der Waals surface area contributed by atoms with E-state index in [1.165, 1.54) is 0 Å². The second-order valence-corrected chi connectivity index (χ2v) is 6.71. The van der Waals surface area contributed by atoms with Gasteiger partial charge in [0, 0.05) is 31.7 Å². The molecule has 130 valence electrons. The maximum absolute atomic E-state index is 12.7. The number of ether oxygens (including phenoxy) is 2. The van der Waals surface area contributed by atoms with Crippen LogP contribution >= 0.6 is 0 Å². The highest BCUT2D eigenvalue weighted by molar-refractivity contribution is 5.98. The van der Waals surface area contributed by atoms with E-state index >= 15 is 0 Å². The van der Waals surface area contributed by atoms with Crippen LogP contribution in [0.2, 0.25) is 0 Å². The minimum atomic E-state index is -0.188. The summed E-state index contributed by atoms with van der Waals surface area (Å²) in [6, 6.07) is 5.74. The van der Waals surface area contributed by atoms with Crippen LogP contribution in [-0.4, -0.2) is 56.2 Å². The Morgan fingerprint density at radius 1 is 1.42 bits per heavy atom. The van der Waals surface area contributed by atoms with Crippen molar-refractivity contribution in [2.45, 2.75) is 25.8 Å². The van der Waals surface area contributed by atoms with Crippen LogP contribution in [-0.2, 0) is 9.53 Å². The van der Waals surface area contributed by atoms with Crippen molar-refractivity contribution in [3.8, 4) is 5.75 Å². The minimum absolute atomic E-state index is 0.0114. The SMILES string of the molecule is COC[C@H](C)C(=O)NC1CN(C(=O)c2cccc3c2OCC3C)C1. The van der Waals surface area contributed by atoms with Crippen LogP contribution in [0.4, 0.5) is 0 Å². The maximum Gasteiger partial charge on any atom is 0.257 e. The molecule has 2 aliphatic rings. The van der Waals surface area contributed by atoms with Crippen LogP contribution in [0.5, 0.6) is 5.75 Å². The standard InChI is InChI=1S/C18H24N2O4/c1-11-10-24-16-14(11)5-4-6-15(16)18(22)20-7-13(8-20)19-17(21)12(2)9-23-3/h4-6,11-13H,7-10H2,1-3H3,(H,19,21)/t11?,12-/m0/s1. The van der Waals surface area contributed by atoms with Gasteiger partial charge in [-0.05, 0) is 6.07 Å². The third-order valence-electron chi connectivity index (χ3n) is 4.66. The van der Waals surface area contributed by atoms with E-state index in [-0.39, 0.29) is 23.8 Å². The van der Waals surface area contributed by atoms with Gasteiger partial charge in [0.15, 0.2) is 0 Å². The number of hydrogen-bond donors (Lipinski definition) is 1. The lowest BCUT2D eigenvalue weighted by molar-refractivity contribution is -0.127. The van der Waals surface area contributed by atoms with Crippen molar-refractivity contribution in [3.63, 3.8) is 0 Å². The van der Waals surface area contributed by atoms with Gasteiger partial charge < -0.3 is 19.7 Å². The summed E-state index contributed by atoms with van der Waals surface area (Å²) in [5, 5.41) is 2.95. The normalized spacial score (nSPS) is 20.8. The second-order valence-electron chi connectivity index (χ2n) is 6.71. The molecule has 0 bridgehead atoms. The number of rotatable bonds is 5. The summed E-state index contributed by atoms with van der Waals surface area (Å²) in [4.78, 5) is 26.4. The predicted octanol–water partition coefficient (Wildman–Crippen LogP) is 1.41. The number of fused-ring (bicyclic) bond motifs is 1. The lowest BCUT2D eigenvalue weighted by Gasteiger charge is -2.40. The lowest BCUT2D eigenvalue weighted by atomic mass is 9.99. The number of hydrogen-bond acceptors (Lipinski definition) is 4. The van der Waals surface area contributed by atoms with Gasteiger partial charge in [-0.1, -0.05) is 26.0 Å². The summed E-state index contributed by atoms with van der Waals surface area (Å²) < 4.78 is 10.7. The van der Waals surface area contributed by atoms with Crippen molar-refractivity contribution in [2.24, 2.45) is 5.92 Å². The Morgan fingerprint density at radius 3 is 2.88 bits per heavy atom. The first-order valence-corrected chi connectivity index (χ1v) is 8.35. The molecule has 2 amide bonds. The summed E-state index contributed by atoms with van der Waals surface area (Å²) in [5.74, 6) is 0.782. The van der Waals surface area contributed by atoms with E-state index in [2.05, 4.69) is 12.2 Å². The molecule has 0 saturated carbocycles. The van der Waals surface area contributed by atoms with Crippen molar-refractivity contribution < 1.29 is 19.1 Å². The first-order chi connectivity index (χ1) is 11.5. The number of benzene rings is 1. The number of carbonyl (C=O) groups excluding carboxylic acids is 2. The van der Waals surface area contributed by atoms with Crippen LogP contribution in [0, 0.1) is 5.92 Å². The van der Waals surface area contributed by atoms with Gasteiger partial charge in [0.05, 0.1) is 30.7 Å². The Hall–Kier alpha value is -2.08. The van der Waals surface area contributed by atoms with Gasteiger partial charge in [-0.25, -0.2) is 0 Å². The van der Waals surface area contributed by atoms with E-state index in [1.54, 1.807) is 12.0 Å². The van der Waals surface area contributed by atoms with Gasteiger partial charge in [0.2, 0.25) is 5.91 Å². The molecular formula is C18H24N2O4. The second kappa shape index (κ2) is 6.81. The molecule has 6 heteroatoms. The molecule has 2 aliphatic heterocycles. The Bertz CT molecular complexity index is 640. The summed E-state index contributed by atoms with van der Waals surface area (Å²) >= 11 is 0. The minimum Gasteiger partial charge on any atom is -0.492 e. The van der Waals surface area contributed by atoms with Crippen molar-refractivity contribution in [2.75, 3.05) is 33.4 Å². The number of nitrogens with one attached hydrogen (secondary N) is 1. The molecule has 0 aromatic heterocycles. The fourth-order valence-corrected chi connectivity index (χ4v) is 3.15. The van der Waals surface area contributed by atoms with Crippen molar-refractivity contribution >= 4 is 11.8 Å². The number of carbonyl (C=O) groups is 2. The van der Waals surface area contributed by atoms with Crippen LogP contribution in [0.15, 0.2) is 18.2 Å². The van der Waals surface area contributed by atoms with Gasteiger partial charge in [0.25, 0.3) is 5.91 Å². The number of amides is 2. The first-order valence-electron chi connectivity index (χ1n) is 8.35. The highest BCUT2D eigenvalue weighted by Crippen LogP contribution is 2.37. The van der Waals surface area contributed by atoms with Gasteiger partial charge >= 0.3 is 0 Å². The fraction of sp³-hybridized carbons (Fsp3) is 0.556. The molecule has 1 N–H and O–H groups in total. The molecule has 6 nitrogen and oxygen atoms in total. The van der Waals surface area contributed by atoms with E-state index in [0.717, 1.165) is 11.3 Å². The zero-order valence-corrected chi connectivity index (χ0v) is 14.4. The van der Waals surface area contributed by atoms with Crippen LogP contribution < -0.4 is 10.1 Å². The Balaban J connectivity index is 1.57. The summed E-state index contributed by atoms with van der Waals surface area (Å²) in [6.45, 7) is 6.00. The Kier molecular flexibility index (Phi) is 4.76. The van der Waals surface area contributed by atoms with E-state index in [9.17, 15) is 9.59 Å². The van der Waals surface area contributed by atoms with E-state index < -0.39 is 0 Å². The third kappa shape index (κ3) is 3.11. The maximum atomic E-state index is 12.7. The monoisotopic (exact) mass is 332 g/mol.